The van der Waals surface area contributed by atoms with E-state index >= 15 is 0 Å². The highest BCUT2D eigenvalue weighted by atomic mass is 35.5. The van der Waals surface area contributed by atoms with Crippen LogP contribution in [0.3, 0.4) is 0 Å². The first kappa shape index (κ1) is 20.4. The number of halogens is 4. The lowest BCUT2D eigenvalue weighted by Crippen LogP contribution is -2.21. The van der Waals surface area contributed by atoms with Crippen molar-refractivity contribution in [2.24, 2.45) is 5.10 Å². The Bertz CT molecular complexity index is 870. The van der Waals surface area contributed by atoms with Gasteiger partial charge in [-0.3, -0.25) is 14.6 Å². The number of carbonyl (C=O) groups is 2. The standard InChI is InChI=1S/C17H14ClF3N4O2/c1-10(24-25-16(27)11-3-2-6-22-9-11)7-15(26)23-14-8-12(17(19,20)21)4-5-13(14)18/h2-6,8-9H,7H2,1H3,(H,23,26)(H,25,27). The smallest absolute Gasteiger partial charge is 0.324 e. The largest absolute Gasteiger partial charge is 0.416 e. The summed E-state index contributed by atoms with van der Waals surface area (Å²) < 4.78 is 38.2. The third kappa shape index (κ3) is 6.07. The van der Waals surface area contributed by atoms with E-state index in [0.717, 1.165) is 18.2 Å². The zero-order chi connectivity index (χ0) is 20.0. The minimum Gasteiger partial charge on any atom is -0.324 e. The van der Waals surface area contributed by atoms with Crippen molar-refractivity contribution < 1.29 is 22.8 Å². The zero-order valence-electron chi connectivity index (χ0n) is 14.0. The molecule has 0 saturated carbocycles. The Morgan fingerprint density at radius 2 is 2.00 bits per heavy atom. The molecule has 27 heavy (non-hydrogen) atoms. The zero-order valence-corrected chi connectivity index (χ0v) is 14.7. The lowest BCUT2D eigenvalue weighted by Gasteiger charge is -2.11. The number of nitrogens with one attached hydrogen (secondary N) is 2. The van der Waals surface area contributed by atoms with Gasteiger partial charge in [0.05, 0.1) is 28.3 Å². The van der Waals surface area contributed by atoms with Crippen molar-refractivity contribution in [2.45, 2.75) is 19.5 Å². The number of hydrogen-bond acceptors (Lipinski definition) is 4. The highest BCUT2D eigenvalue weighted by Gasteiger charge is 2.31. The van der Waals surface area contributed by atoms with Gasteiger partial charge in [0, 0.05) is 18.1 Å². The summed E-state index contributed by atoms with van der Waals surface area (Å²) >= 11 is 5.82. The van der Waals surface area contributed by atoms with Crippen molar-refractivity contribution >= 4 is 34.8 Å². The SMILES string of the molecule is CC(CC(=O)Nc1cc(C(F)(F)F)ccc1Cl)=NNC(=O)c1cccnc1. The van der Waals surface area contributed by atoms with Crippen LogP contribution < -0.4 is 10.7 Å². The Morgan fingerprint density at radius 3 is 2.63 bits per heavy atom. The maximum atomic E-state index is 12.7. The van der Waals surface area contributed by atoms with Crippen LogP contribution in [-0.2, 0) is 11.0 Å². The molecular formula is C17H14ClF3N4O2. The molecule has 0 fully saturated rings. The lowest BCUT2D eigenvalue weighted by molar-refractivity contribution is -0.137. The Hall–Kier alpha value is -2.94. The van der Waals surface area contributed by atoms with Crippen molar-refractivity contribution in [3.63, 3.8) is 0 Å². The topological polar surface area (TPSA) is 83.5 Å². The molecule has 2 amide bonds. The predicted octanol–water partition coefficient (Wildman–Crippen LogP) is 3.89. The minimum atomic E-state index is -4.56. The maximum absolute atomic E-state index is 12.7. The molecule has 0 bridgehead atoms. The van der Waals surface area contributed by atoms with Gasteiger partial charge >= 0.3 is 6.18 Å². The summed E-state index contributed by atoms with van der Waals surface area (Å²) in [5.74, 6) is -1.14. The fraction of sp³-hybridized carbons (Fsp3) is 0.176. The molecule has 0 aliphatic carbocycles. The molecule has 0 radical (unpaired) electrons. The van der Waals surface area contributed by atoms with Gasteiger partial charge in [-0.2, -0.15) is 18.3 Å². The van der Waals surface area contributed by atoms with Gasteiger partial charge in [-0.25, -0.2) is 5.43 Å². The molecule has 0 atom stereocenters. The summed E-state index contributed by atoms with van der Waals surface area (Å²) in [7, 11) is 0. The summed E-state index contributed by atoms with van der Waals surface area (Å²) in [6.45, 7) is 1.48. The van der Waals surface area contributed by atoms with Gasteiger partial charge in [0.2, 0.25) is 5.91 Å². The van der Waals surface area contributed by atoms with Crippen molar-refractivity contribution in [3.05, 3.63) is 58.9 Å². The van der Waals surface area contributed by atoms with E-state index in [0.29, 0.717) is 0 Å². The molecule has 2 aromatic rings. The van der Waals surface area contributed by atoms with Crippen LogP contribution in [0.25, 0.3) is 0 Å². The summed E-state index contributed by atoms with van der Waals surface area (Å²) in [5, 5.41) is 6.04. The molecular weight excluding hydrogens is 385 g/mol. The summed E-state index contributed by atoms with van der Waals surface area (Å²) in [4.78, 5) is 27.6. The van der Waals surface area contributed by atoms with Gasteiger partial charge in [0.1, 0.15) is 0 Å². The number of carbonyl (C=O) groups excluding carboxylic acids is 2. The van der Waals surface area contributed by atoms with Gasteiger partial charge < -0.3 is 5.32 Å². The van der Waals surface area contributed by atoms with E-state index in [1.165, 1.54) is 25.4 Å². The number of hydrazone groups is 1. The quantitative estimate of drug-likeness (QED) is 0.592. The highest BCUT2D eigenvalue weighted by molar-refractivity contribution is 6.33. The normalized spacial score (nSPS) is 11.8. The third-order valence-corrected chi connectivity index (χ3v) is 3.59. The molecule has 1 aromatic heterocycles. The Morgan fingerprint density at radius 1 is 1.26 bits per heavy atom. The molecule has 2 N–H and O–H groups in total. The fourth-order valence-corrected chi connectivity index (χ4v) is 2.14. The lowest BCUT2D eigenvalue weighted by atomic mass is 10.2. The van der Waals surface area contributed by atoms with Gasteiger partial charge in [-0.05, 0) is 37.3 Å². The van der Waals surface area contributed by atoms with Gasteiger partial charge in [-0.15, -0.1) is 0 Å². The predicted molar refractivity (Wildman–Crippen MR) is 94.5 cm³/mol. The third-order valence-electron chi connectivity index (χ3n) is 3.26. The van der Waals surface area contributed by atoms with E-state index in [9.17, 15) is 22.8 Å². The molecule has 0 saturated heterocycles. The number of rotatable bonds is 5. The van der Waals surface area contributed by atoms with Gasteiger partial charge in [-0.1, -0.05) is 11.6 Å². The van der Waals surface area contributed by atoms with Crippen LogP contribution in [0, 0.1) is 0 Å². The Kier molecular flexibility index (Phi) is 6.51. The molecule has 10 heteroatoms. The molecule has 142 valence electrons. The Balaban J connectivity index is 1.98. The number of anilines is 1. The van der Waals surface area contributed by atoms with Crippen LogP contribution in [-0.4, -0.2) is 22.5 Å². The summed E-state index contributed by atoms with van der Waals surface area (Å²) in [6.07, 6.45) is -1.95. The van der Waals surface area contributed by atoms with Crippen LogP contribution in [0.5, 0.6) is 0 Å². The Labute approximate surface area is 157 Å². The van der Waals surface area contributed by atoms with Crippen LogP contribution in [0.2, 0.25) is 5.02 Å². The number of pyridine rings is 1. The van der Waals surface area contributed by atoms with Crippen molar-refractivity contribution in [3.8, 4) is 0 Å². The second kappa shape index (κ2) is 8.63. The number of aromatic nitrogens is 1. The average molecular weight is 399 g/mol. The van der Waals surface area contributed by atoms with E-state index in [1.54, 1.807) is 6.07 Å². The number of nitrogens with zero attached hydrogens (tertiary/aromatic N) is 2. The van der Waals surface area contributed by atoms with Gasteiger partial charge in [0.15, 0.2) is 0 Å². The number of benzene rings is 1. The first-order chi connectivity index (χ1) is 12.7. The fourth-order valence-electron chi connectivity index (χ4n) is 1.97. The summed E-state index contributed by atoms with van der Waals surface area (Å²) in [5.41, 5.74) is 1.70. The second-order valence-corrected chi connectivity index (χ2v) is 5.85. The molecule has 0 unspecified atom stereocenters. The molecule has 0 aliphatic rings. The van der Waals surface area contributed by atoms with Crippen LogP contribution in [0.15, 0.2) is 47.8 Å². The average Bonchev–Trinajstić information content (AvgIpc) is 2.61. The van der Waals surface area contributed by atoms with Crippen LogP contribution >= 0.6 is 11.6 Å². The molecule has 0 aliphatic heterocycles. The second-order valence-electron chi connectivity index (χ2n) is 5.45. The highest BCUT2D eigenvalue weighted by Crippen LogP contribution is 2.33. The van der Waals surface area contributed by atoms with Crippen LogP contribution in [0.4, 0.5) is 18.9 Å². The number of hydrogen-bond donors (Lipinski definition) is 2. The van der Waals surface area contributed by atoms with E-state index in [-0.39, 0.29) is 28.4 Å². The maximum Gasteiger partial charge on any atom is 0.416 e. The minimum absolute atomic E-state index is 0.0316. The molecule has 6 nitrogen and oxygen atoms in total. The summed E-state index contributed by atoms with van der Waals surface area (Å²) in [6, 6.07) is 5.73. The molecule has 0 spiro atoms. The molecule has 2 rings (SSSR count). The monoisotopic (exact) mass is 398 g/mol. The molecule has 1 heterocycles. The van der Waals surface area contributed by atoms with Gasteiger partial charge in [0.25, 0.3) is 5.91 Å². The molecule has 1 aromatic carbocycles. The van der Waals surface area contributed by atoms with E-state index < -0.39 is 23.6 Å². The first-order valence-electron chi connectivity index (χ1n) is 7.57. The van der Waals surface area contributed by atoms with Crippen LogP contribution in [0.1, 0.15) is 29.3 Å². The van der Waals surface area contributed by atoms with Crippen molar-refractivity contribution in [1.82, 2.24) is 10.4 Å². The van der Waals surface area contributed by atoms with E-state index in [4.69, 9.17) is 11.6 Å². The van der Waals surface area contributed by atoms with E-state index in [1.807, 2.05) is 0 Å². The number of amides is 2. The number of alkyl halides is 3. The van der Waals surface area contributed by atoms with Crippen molar-refractivity contribution in [1.29, 1.82) is 0 Å². The van der Waals surface area contributed by atoms with E-state index in [2.05, 4.69) is 20.8 Å². The first-order valence-corrected chi connectivity index (χ1v) is 7.94. The van der Waals surface area contributed by atoms with Crippen molar-refractivity contribution in [2.75, 3.05) is 5.32 Å².